The Morgan fingerprint density at radius 3 is 2.42 bits per heavy atom. The molecule has 1 N–H and O–H groups in total. The van der Waals surface area contributed by atoms with Crippen molar-refractivity contribution >= 4 is 27.3 Å². The molecule has 0 spiro atoms. The predicted octanol–water partition coefficient (Wildman–Crippen LogP) is 3.56. The largest absolute Gasteiger partial charge is 0.322 e. The van der Waals surface area contributed by atoms with Gasteiger partial charge in [0.1, 0.15) is 11.5 Å². The highest BCUT2D eigenvalue weighted by molar-refractivity contribution is 7.93. The summed E-state index contributed by atoms with van der Waals surface area (Å²) in [5.41, 5.74) is 2.12. The molecule has 1 aliphatic rings. The third-order valence-electron chi connectivity index (χ3n) is 5.17. The highest BCUT2D eigenvalue weighted by atomic mass is 32.2. The van der Waals surface area contributed by atoms with Crippen LogP contribution >= 0.6 is 0 Å². The fourth-order valence-corrected chi connectivity index (χ4v) is 5.26. The van der Waals surface area contributed by atoms with E-state index in [9.17, 15) is 22.0 Å². The van der Waals surface area contributed by atoms with Crippen molar-refractivity contribution in [2.45, 2.75) is 20.3 Å². The van der Waals surface area contributed by atoms with Crippen molar-refractivity contribution in [2.75, 3.05) is 21.9 Å². The van der Waals surface area contributed by atoms with Gasteiger partial charge in [-0.2, -0.15) is 5.10 Å². The van der Waals surface area contributed by atoms with Crippen LogP contribution in [0.3, 0.4) is 0 Å². The van der Waals surface area contributed by atoms with E-state index in [1.54, 1.807) is 38.1 Å². The maximum atomic E-state index is 14.2. The molecule has 1 amide bonds. The lowest BCUT2D eigenvalue weighted by atomic mass is 10.1. The number of aryl methyl sites for hydroxylation is 1. The van der Waals surface area contributed by atoms with Crippen LogP contribution in [-0.2, 0) is 10.0 Å². The summed E-state index contributed by atoms with van der Waals surface area (Å²) in [6.07, 6.45) is 0.581. The van der Waals surface area contributed by atoms with E-state index in [2.05, 4.69) is 10.4 Å². The van der Waals surface area contributed by atoms with Gasteiger partial charge in [-0.1, -0.05) is 0 Å². The van der Waals surface area contributed by atoms with E-state index in [0.29, 0.717) is 35.7 Å². The van der Waals surface area contributed by atoms with Crippen molar-refractivity contribution < 1.29 is 22.0 Å². The molecule has 1 saturated heterocycles. The fourth-order valence-electron chi connectivity index (χ4n) is 3.69. The monoisotopic (exact) mass is 446 g/mol. The molecular weight excluding hydrogens is 426 g/mol. The second kappa shape index (κ2) is 7.77. The first kappa shape index (κ1) is 21.0. The molecule has 0 unspecified atom stereocenters. The van der Waals surface area contributed by atoms with Crippen LogP contribution in [0.2, 0.25) is 0 Å². The van der Waals surface area contributed by atoms with Gasteiger partial charge in [0.05, 0.1) is 28.4 Å². The van der Waals surface area contributed by atoms with Gasteiger partial charge >= 0.3 is 0 Å². The molecule has 31 heavy (non-hydrogen) atoms. The van der Waals surface area contributed by atoms with E-state index in [1.807, 2.05) is 0 Å². The van der Waals surface area contributed by atoms with Gasteiger partial charge in [-0.3, -0.25) is 9.10 Å². The van der Waals surface area contributed by atoms with Crippen LogP contribution in [0.15, 0.2) is 42.5 Å². The van der Waals surface area contributed by atoms with E-state index < -0.39 is 27.6 Å². The zero-order chi connectivity index (χ0) is 22.3. The number of sulfonamides is 1. The Balaban J connectivity index is 1.57. The van der Waals surface area contributed by atoms with Gasteiger partial charge in [0.15, 0.2) is 5.82 Å². The Bertz CT molecular complexity index is 1270. The highest BCUT2D eigenvalue weighted by Crippen LogP contribution is 2.26. The molecule has 162 valence electrons. The summed E-state index contributed by atoms with van der Waals surface area (Å²) in [7, 11) is -3.28. The summed E-state index contributed by atoms with van der Waals surface area (Å²) in [4.78, 5) is 12.9. The predicted molar refractivity (Wildman–Crippen MR) is 113 cm³/mol. The van der Waals surface area contributed by atoms with Gasteiger partial charge in [0.2, 0.25) is 10.0 Å². The molecule has 1 aliphatic heterocycles. The van der Waals surface area contributed by atoms with Gasteiger partial charge in [-0.25, -0.2) is 21.9 Å². The van der Waals surface area contributed by atoms with Gasteiger partial charge in [-0.05, 0) is 56.7 Å². The minimum atomic E-state index is -3.28. The quantitative estimate of drug-likeness (QED) is 0.664. The zero-order valence-electron chi connectivity index (χ0n) is 16.9. The fraction of sp³-hybridized carbons (Fsp3) is 0.238. The second-order valence-corrected chi connectivity index (χ2v) is 9.31. The van der Waals surface area contributed by atoms with Crippen LogP contribution in [-0.4, -0.2) is 36.4 Å². The number of hydrogen-bond donors (Lipinski definition) is 1. The number of nitrogens with one attached hydrogen (secondary N) is 1. The van der Waals surface area contributed by atoms with Gasteiger partial charge in [0, 0.05) is 18.3 Å². The van der Waals surface area contributed by atoms with Gasteiger partial charge in [0.25, 0.3) is 5.91 Å². The number of hydrogen-bond acceptors (Lipinski definition) is 4. The maximum Gasteiger partial charge on any atom is 0.259 e. The van der Waals surface area contributed by atoms with Crippen molar-refractivity contribution in [3.05, 3.63) is 71.1 Å². The number of aromatic nitrogens is 2. The average molecular weight is 446 g/mol. The molecule has 1 fully saturated rings. The number of amides is 1. The molecular formula is C21H20F2N4O3S. The van der Waals surface area contributed by atoms with E-state index in [0.717, 1.165) is 12.1 Å². The summed E-state index contributed by atoms with van der Waals surface area (Å²) in [5.74, 6) is -1.80. The van der Waals surface area contributed by atoms with Crippen molar-refractivity contribution in [2.24, 2.45) is 0 Å². The Hall–Kier alpha value is -3.27. The third kappa shape index (κ3) is 3.90. The van der Waals surface area contributed by atoms with E-state index in [4.69, 9.17) is 0 Å². The van der Waals surface area contributed by atoms with Crippen molar-refractivity contribution in [1.82, 2.24) is 9.78 Å². The molecule has 0 aliphatic carbocycles. The Kier molecular flexibility index (Phi) is 5.26. The Morgan fingerprint density at radius 1 is 1.10 bits per heavy atom. The number of carbonyl (C=O) groups excluding carboxylic acids is 1. The molecule has 0 atom stereocenters. The van der Waals surface area contributed by atoms with Gasteiger partial charge in [-0.15, -0.1) is 0 Å². The van der Waals surface area contributed by atoms with Crippen LogP contribution in [0.25, 0.3) is 5.69 Å². The van der Waals surface area contributed by atoms with Crippen LogP contribution in [0, 0.1) is 25.5 Å². The maximum absolute atomic E-state index is 14.2. The number of benzene rings is 2. The highest BCUT2D eigenvalue weighted by Gasteiger charge is 2.28. The molecule has 0 bridgehead atoms. The average Bonchev–Trinajstić information content (AvgIpc) is 3.20. The molecule has 4 rings (SSSR count). The lowest BCUT2D eigenvalue weighted by Crippen LogP contribution is -2.25. The molecule has 10 heteroatoms. The first-order chi connectivity index (χ1) is 14.7. The zero-order valence-corrected chi connectivity index (χ0v) is 17.7. The van der Waals surface area contributed by atoms with Crippen molar-refractivity contribution in [1.29, 1.82) is 0 Å². The standard InChI is InChI=1S/C21H20F2N4O3S/c1-13-20(14(2)27(25-13)19-9-4-15(22)12-18(19)23)21(28)24-16-5-7-17(8-6-16)26-10-3-11-31(26,29)30/h4-9,12H,3,10-11H2,1-2H3,(H,24,28). The molecule has 1 aromatic heterocycles. The smallest absolute Gasteiger partial charge is 0.259 e. The number of carbonyl (C=O) groups is 1. The SMILES string of the molecule is Cc1nn(-c2ccc(F)cc2F)c(C)c1C(=O)Nc1ccc(N2CCCS2(=O)=O)cc1. The lowest BCUT2D eigenvalue weighted by Gasteiger charge is -2.17. The molecule has 3 aromatic rings. The lowest BCUT2D eigenvalue weighted by molar-refractivity contribution is 0.102. The van der Waals surface area contributed by atoms with Crippen LogP contribution < -0.4 is 9.62 Å². The number of nitrogens with zero attached hydrogens (tertiary/aromatic N) is 3. The molecule has 2 aromatic carbocycles. The van der Waals surface area contributed by atoms with E-state index in [-0.39, 0.29) is 17.0 Å². The summed E-state index contributed by atoms with van der Waals surface area (Å²) >= 11 is 0. The Labute approximate surface area is 178 Å². The topological polar surface area (TPSA) is 84.3 Å². The molecule has 0 saturated carbocycles. The minimum Gasteiger partial charge on any atom is -0.322 e. The van der Waals surface area contributed by atoms with E-state index in [1.165, 1.54) is 15.1 Å². The number of halogens is 2. The second-order valence-electron chi connectivity index (χ2n) is 7.30. The van der Waals surface area contributed by atoms with Crippen LogP contribution in [0.1, 0.15) is 28.2 Å². The Morgan fingerprint density at radius 2 is 1.81 bits per heavy atom. The van der Waals surface area contributed by atoms with Crippen LogP contribution in [0.5, 0.6) is 0 Å². The minimum absolute atomic E-state index is 0.0391. The van der Waals surface area contributed by atoms with E-state index >= 15 is 0 Å². The number of anilines is 2. The summed E-state index contributed by atoms with van der Waals surface area (Å²) < 4.78 is 54.1. The normalized spacial score (nSPS) is 15.3. The summed E-state index contributed by atoms with van der Waals surface area (Å²) in [6, 6.07) is 9.65. The summed E-state index contributed by atoms with van der Waals surface area (Å²) in [6.45, 7) is 3.69. The van der Waals surface area contributed by atoms with Crippen molar-refractivity contribution in [3.8, 4) is 5.69 Å². The van der Waals surface area contributed by atoms with Crippen LogP contribution in [0.4, 0.5) is 20.2 Å². The first-order valence-electron chi connectivity index (χ1n) is 9.61. The molecule has 7 nitrogen and oxygen atoms in total. The third-order valence-corrected chi connectivity index (χ3v) is 7.04. The van der Waals surface area contributed by atoms with Gasteiger partial charge < -0.3 is 5.32 Å². The first-order valence-corrected chi connectivity index (χ1v) is 11.2. The van der Waals surface area contributed by atoms with Crippen molar-refractivity contribution in [3.63, 3.8) is 0 Å². The molecule has 0 radical (unpaired) electrons. The number of rotatable bonds is 4. The summed E-state index contributed by atoms with van der Waals surface area (Å²) in [5, 5.41) is 6.99. The molecule has 2 heterocycles.